The molecule has 1 aromatic carbocycles. The molecule has 1 amide bonds. The Labute approximate surface area is 123 Å². The second-order valence-corrected chi connectivity index (χ2v) is 5.68. The van der Waals surface area contributed by atoms with E-state index in [0.717, 1.165) is 12.1 Å². The first-order valence-corrected chi connectivity index (χ1v) is 7.00. The van der Waals surface area contributed by atoms with Gasteiger partial charge in [0.2, 0.25) is 0 Å². The van der Waals surface area contributed by atoms with Crippen molar-refractivity contribution in [3.05, 3.63) is 29.3 Å². The van der Waals surface area contributed by atoms with E-state index >= 15 is 0 Å². The number of carbonyl (C=O) groups is 1. The van der Waals surface area contributed by atoms with Gasteiger partial charge in [-0.2, -0.15) is 0 Å². The summed E-state index contributed by atoms with van der Waals surface area (Å²) in [6.45, 7) is 7.12. The summed E-state index contributed by atoms with van der Waals surface area (Å²) >= 11 is 0. The maximum atomic E-state index is 13.9. The molecule has 1 aliphatic heterocycles. The number of carbonyl (C=O) groups excluding carboxylic acids is 1. The molecule has 0 radical (unpaired) electrons. The first kappa shape index (κ1) is 15.7. The van der Waals surface area contributed by atoms with Crippen molar-refractivity contribution in [2.45, 2.75) is 26.4 Å². The Morgan fingerprint density at radius 2 is 2.00 bits per heavy atom. The van der Waals surface area contributed by atoms with E-state index in [1.807, 2.05) is 13.8 Å². The lowest BCUT2D eigenvalue weighted by atomic mass is 10.1. The monoisotopic (exact) mass is 298 g/mol. The fourth-order valence-corrected chi connectivity index (χ4v) is 2.41. The second-order valence-electron chi connectivity index (χ2n) is 5.68. The zero-order valence-corrected chi connectivity index (χ0v) is 12.5. The molecule has 4 nitrogen and oxygen atoms in total. The number of hydrogen-bond donors (Lipinski definition) is 1. The van der Waals surface area contributed by atoms with Crippen LogP contribution in [0.1, 0.15) is 31.1 Å². The molecule has 0 spiro atoms. The van der Waals surface area contributed by atoms with Crippen LogP contribution in [0.2, 0.25) is 0 Å². The van der Waals surface area contributed by atoms with E-state index in [1.165, 1.54) is 0 Å². The van der Waals surface area contributed by atoms with Gasteiger partial charge in [0, 0.05) is 25.2 Å². The van der Waals surface area contributed by atoms with E-state index in [-0.39, 0.29) is 17.2 Å². The Bertz CT molecular complexity index is 523. The molecule has 116 valence electrons. The van der Waals surface area contributed by atoms with Crippen LogP contribution in [0.25, 0.3) is 0 Å². The van der Waals surface area contributed by atoms with Crippen molar-refractivity contribution in [2.24, 2.45) is 0 Å². The Hall–Kier alpha value is -1.69. The third-order valence-corrected chi connectivity index (χ3v) is 3.36. The molecule has 0 aromatic heterocycles. The number of morpholine rings is 1. The highest BCUT2D eigenvalue weighted by atomic mass is 19.1. The minimum absolute atomic E-state index is 0.0179. The summed E-state index contributed by atoms with van der Waals surface area (Å²) in [5, 5.41) is 2.61. The molecule has 0 saturated carbocycles. The maximum absolute atomic E-state index is 13.9. The van der Waals surface area contributed by atoms with Crippen molar-refractivity contribution in [3.8, 4) is 0 Å². The van der Waals surface area contributed by atoms with E-state index in [9.17, 15) is 13.6 Å². The second kappa shape index (κ2) is 5.97. The number of rotatable bonds is 3. The summed E-state index contributed by atoms with van der Waals surface area (Å²) in [7, 11) is 0. The van der Waals surface area contributed by atoms with E-state index in [4.69, 9.17) is 4.74 Å². The van der Waals surface area contributed by atoms with Crippen LogP contribution in [0.5, 0.6) is 0 Å². The van der Waals surface area contributed by atoms with Crippen LogP contribution in [-0.4, -0.2) is 42.6 Å². The molecule has 1 N–H and O–H groups in total. The van der Waals surface area contributed by atoms with Gasteiger partial charge in [-0.15, -0.1) is 0 Å². The van der Waals surface area contributed by atoms with Gasteiger partial charge in [-0.3, -0.25) is 4.79 Å². The Morgan fingerprint density at radius 3 is 2.52 bits per heavy atom. The van der Waals surface area contributed by atoms with Crippen molar-refractivity contribution in [1.82, 2.24) is 4.90 Å². The normalized spacial score (nSPS) is 17.7. The molecule has 1 fully saturated rings. The summed E-state index contributed by atoms with van der Waals surface area (Å²) < 4.78 is 33.3. The van der Waals surface area contributed by atoms with Gasteiger partial charge in [0.25, 0.3) is 5.91 Å². The van der Waals surface area contributed by atoms with Gasteiger partial charge in [-0.05, 0) is 32.9 Å². The minimum atomic E-state index is -0.757. The van der Waals surface area contributed by atoms with E-state index in [0.29, 0.717) is 26.2 Å². The van der Waals surface area contributed by atoms with Crippen LogP contribution in [0, 0.1) is 11.6 Å². The van der Waals surface area contributed by atoms with E-state index in [2.05, 4.69) is 5.32 Å². The highest BCUT2D eigenvalue weighted by Gasteiger charge is 2.31. The number of ether oxygens (including phenoxy) is 1. The molecule has 1 saturated heterocycles. The van der Waals surface area contributed by atoms with Crippen molar-refractivity contribution in [2.75, 3.05) is 31.6 Å². The zero-order valence-electron chi connectivity index (χ0n) is 12.5. The van der Waals surface area contributed by atoms with Crippen LogP contribution in [0.3, 0.4) is 0 Å². The average molecular weight is 298 g/mol. The molecule has 0 aliphatic carbocycles. The van der Waals surface area contributed by atoms with Gasteiger partial charge < -0.3 is 15.0 Å². The Balaban J connectivity index is 2.23. The van der Waals surface area contributed by atoms with Gasteiger partial charge in [0.05, 0.1) is 12.2 Å². The Morgan fingerprint density at radius 1 is 1.38 bits per heavy atom. The number of hydrogen-bond acceptors (Lipinski definition) is 3. The van der Waals surface area contributed by atoms with Crippen molar-refractivity contribution in [3.63, 3.8) is 0 Å². The lowest BCUT2D eigenvalue weighted by Gasteiger charge is -2.38. The van der Waals surface area contributed by atoms with Crippen LogP contribution in [0.4, 0.5) is 14.5 Å². The molecule has 0 unspecified atom stereocenters. The Kier molecular flexibility index (Phi) is 4.46. The third kappa shape index (κ3) is 3.50. The molecule has 21 heavy (non-hydrogen) atoms. The summed E-state index contributed by atoms with van der Waals surface area (Å²) in [5.74, 6) is -1.90. The SMILES string of the molecule is CCNc1c(F)cc(C(=O)N2CCOC(C)(C)C2)cc1F. The van der Waals surface area contributed by atoms with Crippen LogP contribution in [0.15, 0.2) is 12.1 Å². The van der Waals surface area contributed by atoms with Crippen molar-refractivity contribution < 1.29 is 18.3 Å². The smallest absolute Gasteiger partial charge is 0.254 e. The first-order valence-electron chi connectivity index (χ1n) is 7.00. The fraction of sp³-hybridized carbons (Fsp3) is 0.533. The molecule has 6 heteroatoms. The predicted octanol–water partition coefficient (Wildman–Crippen LogP) is 2.65. The number of anilines is 1. The van der Waals surface area contributed by atoms with Crippen LogP contribution in [-0.2, 0) is 4.74 Å². The van der Waals surface area contributed by atoms with E-state index < -0.39 is 17.2 Å². The van der Waals surface area contributed by atoms with Gasteiger partial charge in [0.15, 0.2) is 0 Å². The van der Waals surface area contributed by atoms with Gasteiger partial charge >= 0.3 is 0 Å². The number of halogens is 2. The predicted molar refractivity (Wildman–Crippen MR) is 76.5 cm³/mol. The minimum Gasteiger partial charge on any atom is -0.381 e. The summed E-state index contributed by atoms with van der Waals surface area (Å²) in [5.41, 5.74) is -0.630. The molecule has 1 heterocycles. The zero-order chi connectivity index (χ0) is 15.6. The first-order chi connectivity index (χ1) is 9.84. The molecule has 0 atom stereocenters. The van der Waals surface area contributed by atoms with Gasteiger partial charge in [-0.1, -0.05) is 0 Å². The molecule has 2 rings (SSSR count). The summed E-state index contributed by atoms with van der Waals surface area (Å²) in [4.78, 5) is 13.9. The number of nitrogens with one attached hydrogen (secondary N) is 1. The molecule has 1 aromatic rings. The highest BCUT2D eigenvalue weighted by molar-refractivity contribution is 5.94. The maximum Gasteiger partial charge on any atom is 0.254 e. The summed E-state index contributed by atoms with van der Waals surface area (Å²) in [6, 6.07) is 2.15. The van der Waals surface area contributed by atoms with Gasteiger partial charge in [-0.25, -0.2) is 8.78 Å². The van der Waals surface area contributed by atoms with Crippen molar-refractivity contribution >= 4 is 11.6 Å². The molecule has 1 aliphatic rings. The highest BCUT2D eigenvalue weighted by Crippen LogP contribution is 2.23. The number of amides is 1. The summed E-state index contributed by atoms with van der Waals surface area (Å²) in [6.07, 6.45) is 0. The largest absolute Gasteiger partial charge is 0.381 e. The molecule has 0 bridgehead atoms. The van der Waals surface area contributed by atoms with Crippen molar-refractivity contribution in [1.29, 1.82) is 0 Å². The molecular formula is C15H20F2N2O2. The van der Waals surface area contributed by atoms with Crippen LogP contribution < -0.4 is 5.32 Å². The van der Waals surface area contributed by atoms with E-state index in [1.54, 1.807) is 11.8 Å². The van der Waals surface area contributed by atoms with Gasteiger partial charge in [0.1, 0.15) is 17.3 Å². The molecular weight excluding hydrogens is 278 g/mol. The lowest BCUT2D eigenvalue weighted by molar-refractivity contribution is -0.0764. The topological polar surface area (TPSA) is 41.6 Å². The van der Waals surface area contributed by atoms with Crippen LogP contribution >= 0.6 is 0 Å². The lowest BCUT2D eigenvalue weighted by Crippen LogP contribution is -2.50. The quantitative estimate of drug-likeness (QED) is 0.933. The average Bonchev–Trinajstić information content (AvgIpc) is 2.40. The fourth-order valence-electron chi connectivity index (χ4n) is 2.41. The number of benzene rings is 1. The number of nitrogens with zero attached hydrogens (tertiary/aromatic N) is 1. The third-order valence-electron chi connectivity index (χ3n) is 3.36. The standard InChI is InChI=1S/C15H20F2N2O2/c1-4-18-13-11(16)7-10(8-12(13)17)14(20)19-5-6-21-15(2,3)9-19/h7-8,18H,4-6,9H2,1-3H3.